The molecule has 94 valence electrons. The van der Waals surface area contributed by atoms with Crippen LogP contribution >= 0.6 is 11.6 Å². The molecule has 0 saturated carbocycles. The van der Waals surface area contributed by atoms with E-state index in [4.69, 9.17) is 11.6 Å². The van der Waals surface area contributed by atoms with Crippen LogP contribution in [-0.2, 0) is 10.0 Å². The molecule has 6 heteroatoms. The van der Waals surface area contributed by atoms with E-state index in [1.807, 2.05) is 19.1 Å². The normalized spacial score (nSPS) is 11.2. The summed E-state index contributed by atoms with van der Waals surface area (Å²) >= 11 is 5.84. The summed E-state index contributed by atoms with van der Waals surface area (Å²) in [5.74, 6) is 0. The molecule has 0 aliphatic heterocycles. The van der Waals surface area contributed by atoms with E-state index in [0.29, 0.717) is 5.69 Å². The van der Waals surface area contributed by atoms with Crippen LogP contribution in [0.5, 0.6) is 0 Å². The van der Waals surface area contributed by atoms with Gasteiger partial charge in [0.25, 0.3) is 10.0 Å². The van der Waals surface area contributed by atoms with Crippen molar-refractivity contribution in [3.05, 3.63) is 53.3 Å². The van der Waals surface area contributed by atoms with E-state index < -0.39 is 10.0 Å². The fourth-order valence-corrected chi connectivity index (χ4v) is 2.88. The third kappa shape index (κ3) is 2.80. The van der Waals surface area contributed by atoms with E-state index in [1.165, 1.54) is 18.5 Å². The fourth-order valence-electron chi connectivity index (χ4n) is 1.39. The second kappa shape index (κ2) is 4.96. The van der Waals surface area contributed by atoms with Crippen molar-refractivity contribution in [3.63, 3.8) is 0 Å². The Morgan fingerprint density at radius 1 is 1.17 bits per heavy atom. The molecule has 1 heterocycles. The molecule has 0 unspecified atom stereocenters. The first kappa shape index (κ1) is 12.9. The average Bonchev–Trinajstić information content (AvgIpc) is 2.32. The van der Waals surface area contributed by atoms with Crippen LogP contribution in [0.2, 0.25) is 5.02 Å². The van der Waals surface area contributed by atoms with Crippen molar-refractivity contribution >= 4 is 27.3 Å². The summed E-state index contributed by atoms with van der Waals surface area (Å²) in [7, 11) is -3.70. The van der Waals surface area contributed by atoms with E-state index >= 15 is 0 Å². The molecule has 0 spiro atoms. The third-order valence-corrected chi connectivity index (χ3v) is 4.18. The summed E-state index contributed by atoms with van der Waals surface area (Å²) in [5, 5.41) is 0.143. The lowest BCUT2D eigenvalue weighted by molar-refractivity contribution is 0.601. The molecule has 0 fully saturated rings. The van der Waals surface area contributed by atoms with Gasteiger partial charge in [0.05, 0.1) is 5.02 Å². The molecule has 4 nitrogen and oxygen atoms in total. The molecule has 1 aromatic heterocycles. The van der Waals surface area contributed by atoms with Gasteiger partial charge >= 0.3 is 0 Å². The van der Waals surface area contributed by atoms with E-state index in [2.05, 4.69) is 9.71 Å². The van der Waals surface area contributed by atoms with Gasteiger partial charge in [-0.2, -0.15) is 0 Å². The molecule has 1 N–H and O–H groups in total. The molecule has 0 saturated heterocycles. The zero-order valence-corrected chi connectivity index (χ0v) is 11.2. The van der Waals surface area contributed by atoms with Gasteiger partial charge in [-0.05, 0) is 25.1 Å². The quantitative estimate of drug-likeness (QED) is 0.942. The lowest BCUT2D eigenvalue weighted by Gasteiger charge is -2.08. The Kier molecular flexibility index (Phi) is 3.54. The highest BCUT2D eigenvalue weighted by Crippen LogP contribution is 2.22. The molecule has 0 radical (unpaired) electrons. The molecule has 2 rings (SSSR count). The van der Waals surface area contributed by atoms with Gasteiger partial charge in [0, 0.05) is 18.1 Å². The smallest absolute Gasteiger partial charge is 0.264 e. The summed E-state index contributed by atoms with van der Waals surface area (Å²) in [5.41, 5.74) is 1.54. The van der Waals surface area contributed by atoms with Crippen LogP contribution in [0, 0.1) is 6.92 Å². The zero-order chi connectivity index (χ0) is 13.2. The minimum absolute atomic E-state index is 0.0350. The highest BCUT2D eigenvalue weighted by Gasteiger charge is 2.17. The number of sulfonamides is 1. The molecule has 2 aromatic rings. The number of hydrogen-bond acceptors (Lipinski definition) is 3. The minimum Gasteiger partial charge on any atom is -0.280 e. The number of nitrogens with one attached hydrogen (secondary N) is 1. The molecule has 0 bridgehead atoms. The fraction of sp³-hybridized carbons (Fsp3) is 0.0833. The second-order valence-electron chi connectivity index (χ2n) is 3.78. The van der Waals surface area contributed by atoms with Crippen LogP contribution in [0.25, 0.3) is 0 Å². The third-order valence-electron chi connectivity index (χ3n) is 2.33. The Labute approximate surface area is 111 Å². The monoisotopic (exact) mass is 282 g/mol. The Hall–Kier alpha value is -1.59. The highest BCUT2D eigenvalue weighted by atomic mass is 35.5. The number of aromatic nitrogens is 1. The number of nitrogens with zero attached hydrogens (tertiary/aromatic N) is 1. The number of halogens is 1. The molecule has 0 aliphatic carbocycles. The maximum absolute atomic E-state index is 12.1. The average molecular weight is 283 g/mol. The SMILES string of the molecule is Cc1ccc(NS(=O)(=O)c2cnccc2Cl)cc1. The Morgan fingerprint density at radius 3 is 2.44 bits per heavy atom. The van der Waals surface area contributed by atoms with Crippen molar-refractivity contribution in [3.8, 4) is 0 Å². The van der Waals surface area contributed by atoms with E-state index in [0.717, 1.165) is 5.56 Å². The zero-order valence-electron chi connectivity index (χ0n) is 9.59. The molecule has 0 amide bonds. The maximum atomic E-state index is 12.1. The molecule has 18 heavy (non-hydrogen) atoms. The van der Waals surface area contributed by atoms with Crippen LogP contribution in [-0.4, -0.2) is 13.4 Å². The van der Waals surface area contributed by atoms with Gasteiger partial charge in [-0.3, -0.25) is 9.71 Å². The van der Waals surface area contributed by atoms with Crippen LogP contribution in [0.3, 0.4) is 0 Å². The van der Waals surface area contributed by atoms with Crippen LogP contribution in [0.15, 0.2) is 47.6 Å². The van der Waals surface area contributed by atoms with Crippen molar-refractivity contribution in [1.29, 1.82) is 0 Å². The summed E-state index contributed by atoms with van der Waals surface area (Å²) in [6.45, 7) is 1.93. The van der Waals surface area contributed by atoms with Crippen LogP contribution in [0.1, 0.15) is 5.56 Å². The number of anilines is 1. The highest BCUT2D eigenvalue weighted by molar-refractivity contribution is 7.92. The second-order valence-corrected chi connectivity index (χ2v) is 5.84. The topological polar surface area (TPSA) is 59.1 Å². The first-order valence-electron chi connectivity index (χ1n) is 5.18. The lowest BCUT2D eigenvalue weighted by Crippen LogP contribution is -2.13. The van der Waals surface area contributed by atoms with Crippen molar-refractivity contribution in [1.82, 2.24) is 4.98 Å². The number of aryl methyl sites for hydroxylation is 1. The van der Waals surface area contributed by atoms with Gasteiger partial charge in [0.2, 0.25) is 0 Å². The van der Waals surface area contributed by atoms with Gasteiger partial charge < -0.3 is 0 Å². The standard InChI is InChI=1S/C12H11ClN2O2S/c1-9-2-4-10(5-3-9)15-18(16,17)12-8-14-7-6-11(12)13/h2-8,15H,1H3. The molecule has 1 aromatic carbocycles. The summed E-state index contributed by atoms with van der Waals surface area (Å²) in [4.78, 5) is 3.73. The first-order chi connectivity index (χ1) is 8.49. The summed E-state index contributed by atoms with van der Waals surface area (Å²) in [6.07, 6.45) is 2.66. The van der Waals surface area contributed by atoms with Crippen molar-refractivity contribution in [2.45, 2.75) is 11.8 Å². The summed E-state index contributed by atoms with van der Waals surface area (Å²) < 4.78 is 26.6. The molecule has 0 aliphatic rings. The van der Waals surface area contributed by atoms with Crippen LogP contribution < -0.4 is 4.72 Å². The van der Waals surface area contributed by atoms with Gasteiger partial charge in [0.15, 0.2) is 0 Å². The van der Waals surface area contributed by atoms with E-state index in [1.54, 1.807) is 12.1 Å². The number of benzene rings is 1. The van der Waals surface area contributed by atoms with Gasteiger partial charge in [-0.25, -0.2) is 8.42 Å². The van der Waals surface area contributed by atoms with E-state index in [9.17, 15) is 8.42 Å². The number of hydrogen-bond donors (Lipinski definition) is 1. The minimum atomic E-state index is -3.70. The Balaban J connectivity index is 2.33. The number of pyridine rings is 1. The van der Waals surface area contributed by atoms with Gasteiger partial charge in [-0.15, -0.1) is 0 Å². The number of rotatable bonds is 3. The predicted molar refractivity (Wildman–Crippen MR) is 71.2 cm³/mol. The van der Waals surface area contributed by atoms with E-state index in [-0.39, 0.29) is 9.92 Å². The van der Waals surface area contributed by atoms with Crippen LogP contribution in [0.4, 0.5) is 5.69 Å². The van der Waals surface area contributed by atoms with Crippen molar-refractivity contribution < 1.29 is 8.42 Å². The van der Waals surface area contributed by atoms with Gasteiger partial charge in [-0.1, -0.05) is 29.3 Å². The molecular weight excluding hydrogens is 272 g/mol. The van der Waals surface area contributed by atoms with Gasteiger partial charge in [0.1, 0.15) is 4.90 Å². The summed E-state index contributed by atoms with van der Waals surface area (Å²) in [6, 6.07) is 8.46. The molecule has 0 atom stereocenters. The maximum Gasteiger partial charge on any atom is 0.264 e. The Morgan fingerprint density at radius 2 is 1.83 bits per heavy atom. The molecular formula is C12H11ClN2O2S. The van der Waals surface area contributed by atoms with Crippen molar-refractivity contribution in [2.24, 2.45) is 0 Å². The first-order valence-corrected chi connectivity index (χ1v) is 7.04. The predicted octanol–water partition coefficient (Wildman–Crippen LogP) is 2.84. The lowest BCUT2D eigenvalue weighted by atomic mass is 10.2. The Bertz CT molecular complexity index is 654. The largest absolute Gasteiger partial charge is 0.280 e. The van der Waals surface area contributed by atoms with Crippen molar-refractivity contribution in [2.75, 3.05) is 4.72 Å².